The maximum Gasteiger partial charge on any atom is 0.190 e. The zero-order valence-electron chi connectivity index (χ0n) is 13.4. The first-order valence-electron chi connectivity index (χ1n) is 7.38. The molecule has 0 aliphatic heterocycles. The van der Waals surface area contributed by atoms with Crippen LogP contribution in [0.3, 0.4) is 0 Å². The molecule has 2 aromatic carbocycles. The number of halogens is 1. The third-order valence-corrected chi connectivity index (χ3v) is 3.71. The molecule has 0 fully saturated rings. The van der Waals surface area contributed by atoms with Crippen molar-refractivity contribution < 1.29 is 4.79 Å². The molecule has 0 saturated heterocycles. The predicted octanol–water partition coefficient (Wildman–Crippen LogP) is 4.57. The van der Waals surface area contributed by atoms with Crippen molar-refractivity contribution in [3.05, 3.63) is 82.9 Å². The van der Waals surface area contributed by atoms with Crippen molar-refractivity contribution in [1.82, 2.24) is 4.90 Å². The van der Waals surface area contributed by atoms with Crippen LogP contribution in [0.4, 0.5) is 0 Å². The van der Waals surface area contributed by atoms with Crippen molar-refractivity contribution in [2.75, 3.05) is 20.6 Å². The largest absolute Gasteiger partial charge is 0.305 e. The van der Waals surface area contributed by atoms with Crippen LogP contribution >= 0.6 is 11.6 Å². The van der Waals surface area contributed by atoms with Crippen LogP contribution in [0.5, 0.6) is 0 Å². The van der Waals surface area contributed by atoms with E-state index in [9.17, 15) is 4.79 Å². The molecule has 2 aromatic rings. The Hall–Kier alpha value is -2.16. The summed E-state index contributed by atoms with van der Waals surface area (Å²) in [6.07, 6.45) is 1.83. The summed E-state index contributed by atoms with van der Waals surface area (Å²) in [7, 11) is 3.83. The Morgan fingerprint density at radius 1 is 1.09 bits per heavy atom. The van der Waals surface area contributed by atoms with Crippen LogP contribution in [-0.2, 0) is 4.79 Å². The van der Waals surface area contributed by atoms with Gasteiger partial charge in [0.2, 0.25) is 0 Å². The lowest BCUT2D eigenvalue weighted by Crippen LogP contribution is -2.19. The minimum atomic E-state index is -0.0650. The molecule has 0 radical (unpaired) electrons. The van der Waals surface area contributed by atoms with Gasteiger partial charge in [-0.3, -0.25) is 4.79 Å². The second-order valence-electron chi connectivity index (χ2n) is 5.62. The van der Waals surface area contributed by atoms with Gasteiger partial charge in [-0.05, 0) is 37.4 Å². The predicted molar refractivity (Wildman–Crippen MR) is 98.5 cm³/mol. The summed E-state index contributed by atoms with van der Waals surface area (Å²) >= 11 is 6.24. The van der Waals surface area contributed by atoms with Gasteiger partial charge in [0.25, 0.3) is 0 Å². The number of benzene rings is 2. The molecule has 0 amide bonds. The van der Waals surface area contributed by atoms with Crippen LogP contribution in [0.15, 0.2) is 66.7 Å². The van der Waals surface area contributed by atoms with E-state index in [1.165, 1.54) is 0 Å². The lowest BCUT2D eigenvalue weighted by atomic mass is 9.95. The molecule has 2 rings (SSSR count). The number of carbonyl (C=O) groups is 1. The van der Waals surface area contributed by atoms with Crippen LogP contribution in [-0.4, -0.2) is 31.3 Å². The van der Waals surface area contributed by atoms with Gasteiger partial charge in [0.15, 0.2) is 5.78 Å². The minimum Gasteiger partial charge on any atom is -0.305 e. The fourth-order valence-electron chi connectivity index (χ4n) is 2.29. The van der Waals surface area contributed by atoms with E-state index in [-0.39, 0.29) is 5.78 Å². The molecule has 0 aliphatic carbocycles. The van der Waals surface area contributed by atoms with E-state index in [2.05, 4.69) is 6.58 Å². The molecule has 118 valence electrons. The smallest absolute Gasteiger partial charge is 0.190 e. The summed E-state index contributed by atoms with van der Waals surface area (Å²) in [4.78, 5) is 14.8. The minimum absolute atomic E-state index is 0.0650. The summed E-state index contributed by atoms with van der Waals surface area (Å²) in [5.74, 6) is -0.0650. The third kappa shape index (κ3) is 4.65. The number of hydrogen-bond donors (Lipinski definition) is 0. The second-order valence-corrected chi connectivity index (χ2v) is 6.02. The van der Waals surface area contributed by atoms with Crippen LogP contribution in [0, 0.1) is 0 Å². The number of allylic oxidation sites excluding steroid dienone is 1. The highest BCUT2D eigenvalue weighted by Gasteiger charge is 2.16. The Balaban J connectivity index is 2.47. The van der Waals surface area contributed by atoms with Crippen LogP contribution in [0.25, 0.3) is 11.6 Å². The summed E-state index contributed by atoms with van der Waals surface area (Å²) in [5, 5.41) is 0.618. The van der Waals surface area contributed by atoms with Gasteiger partial charge in [-0.15, -0.1) is 0 Å². The van der Waals surface area contributed by atoms with Gasteiger partial charge in [0.1, 0.15) is 0 Å². The van der Waals surface area contributed by atoms with Gasteiger partial charge in [-0.2, -0.15) is 0 Å². The van der Waals surface area contributed by atoms with Crippen molar-refractivity contribution in [2.24, 2.45) is 0 Å². The average molecular weight is 326 g/mol. The lowest BCUT2D eigenvalue weighted by Gasteiger charge is -2.14. The normalized spacial score (nSPS) is 11.6. The Bertz CT molecular complexity index is 732. The van der Waals surface area contributed by atoms with Crippen molar-refractivity contribution in [3.8, 4) is 0 Å². The van der Waals surface area contributed by atoms with E-state index in [1.807, 2.05) is 79.7 Å². The Morgan fingerprint density at radius 3 is 2.30 bits per heavy atom. The van der Waals surface area contributed by atoms with E-state index in [0.717, 1.165) is 11.1 Å². The van der Waals surface area contributed by atoms with E-state index in [4.69, 9.17) is 11.6 Å². The van der Waals surface area contributed by atoms with Gasteiger partial charge < -0.3 is 4.90 Å². The fourth-order valence-corrected chi connectivity index (χ4v) is 2.48. The number of ketones is 1. The first-order chi connectivity index (χ1) is 11.0. The molecule has 2 nitrogen and oxygen atoms in total. The van der Waals surface area contributed by atoms with Crippen molar-refractivity contribution in [1.29, 1.82) is 0 Å². The Morgan fingerprint density at radius 2 is 1.70 bits per heavy atom. The molecule has 0 atom stereocenters. The third-order valence-electron chi connectivity index (χ3n) is 3.36. The summed E-state index contributed by atoms with van der Waals surface area (Å²) in [5.41, 5.74) is 2.83. The molecule has 0 spiro atoms. The summed E-state index contributed by atoms with van der Waals surface area (Å²) in [6.45, 7) is 4.46. The molecule has 0 aromatic heterocycles. The van der Waals surface area contributed by atoms with Crippen molar-refractivity contribution >= 4 is 29.0 Å². The molecule has 0 heterocycles. The molecule has 0 N–H and O–H groups in total. The highest BCUT2D eigenvalue weighted by atomic mass is 35.5. The molecule has 3 heteroatoms. The second kappa shape index (κ2) is 7.91. The van der Waals surface area contributed by atoms with E-state index < -0.39 is 0 Å². The van der Waals surface area contributed by atoms with Crippen LogP contribution in [0.1, 0.15) is 11.1 Å². The molecular formula is C20H20ClNO. The monoisotopic (exact) mass is 325 g/mol. The van der Waals surface area contributed by atoms with Gasteiger partial charge in [0, 0.05) is 22.7 Å². The van der Waals surface area contributed by atoms with Gasteiger partial charge in [0.05, 0.1) is 0 Å². The van der Waals surface area contributed by atoms with Gasteiger partial charge >= 0.3 is 0 Å². The van der Waals surface area contributed by atoms with Crippen molar-refractivity contribution in [3.63, 3.8) is 0 Å². The maximum absolute atomic E-state index is 12.9. The topological polar surface area (TPSA) is 20.3 Å². The standard InChI is InChI=1S/C20H20ClNO/c1-15(14-22(2)3)20(23)18(16-9-5-4-6-10-16)13-17-11-7-8-12-19(17)21/h4-13H,1,14H2,2-3H3/b18-13+. The van der Waals surface area contributed by atoms with E-state index >= 15 is 0 Å². The number of carbonyl (C=O) groups excluding carboxylic acids is 1. The molecular weight excluding hydrogens is 306 g/mol. The number of likely N-dealkylation sites (N-methyl/N-ethyl adjacent to an activating group) is 1. The number of hydrogen-bond acceptors (Lipinski definition) is 2. The molecule has 23 heavy (non-hydrogen) atoms. The highest BCUT2D eigenvalue weighted by Crippen LogP contribution is 2.25. The first-order valence-corrected chi connectivity index (χ1v) is 7.75. The Labute approximate surface area is 142 Å². The van der Waals surface area contributed by atoms with E-state index in [0.29, 0.717) is 22.7 Å². The van der Waals surface area contributed by atoms with Crippen LogP contribution < -0.4 is 0 Å². The lowest BCUT2D eigenvalue weighted by molar-refractivity contribution is -0.110. The summed E-state index contributed by atoms with van der Waals surface area (Å²) < 4.78 is 0. The molecule has 0 saturated carbocycles. The average Bonchev–Trinajstić information content (AvgIpc) is 2.53. The van der Waals surface area contributed by atoms with Gasteiger partial charge in [-0.25, -0.2) is 0 Å². The summed E-state index contributed by atoms with van der Waals surface area (Å²) in [6, 6.07) is 17.1. The number of nitrogens with zero attached hydrogens (tertiary/aromatic N) is 1. The SMILES string of the molecule is C=C(CN(C)C)C(=O)/C(=C/c1ccccc1Cl)c1ccccc1. The van der Waals surface area contributed by atoms with Crippen molar-refractivity contribution in [2.45, 2.75) is 0 Å². The van der Waals surface area contributed by atoms with E-state index in [1.54, 1.807) is 0 Å². The quantitative estimate of drug-likeness (QED) is 0.573. The number of Topliss-reactive ketones (excluding diaryl/α,β-unsaturated/α-hetero) is 1. The Kier molecular flexibility index (Phi) is 5.91. The molecule has 0 aliphatic rings. The van der Waals surface area contributed by atoms with Gasteiger partial charge in [-0.1, -0.05) is 66.7 Å². The zero-order valence-corrected chi connectivity index (χ0v) is 14.2. The number of rotatable bonds is 6. The molecule has 0 unspecified atom stereocenters. The first kappa shape index (κ1) is 17.2. The fraction of sp³-hybridized carbons (Fsp3) is 0.150. The zero-order chi connectivity index (χ0) is 16.8. The highest BCUT2D eigenvalue weighted by molar-refractivity contribution is 6.35. The maximum atomic E-state index is 12.9. The van der Waals surface area contributed by atoms with Crippen LogP contribution in [0.2, 0.25) is 5.02 Å². The molecule has 0 bridgehead atoms.